The molecule has 12 heteroatoms. The van der Waals surface area contributed by atoms with Gasteiger partial charge in [0.25, 0.3) is 0 Å². The zero-order valence-electron chi connectivity index (χ0n) is 13.4. The minimum Gasteiger partial charge on any atom is 0 e. The average molecular weight is 560 g/mol. The fourth-order valence-electron chi connectivity index (χ4n) is 0.454. The summed E-state index contributed by atoms with van der Waals surface area (Å²) in [6.07, 6.45) is 2.39. The largest absolute Gasteiger partial charge is 2.00 e. The first-order valence-corrected chi connectivity index (χ1v) is 8.70. The Morgan fingerprint density at radius 2 is 0.955 bits per heavy atom. The molecule has 0 aliphatic heterocycles. The van der Waals surface area contributed by atoms with E-state index in [1.165, 1.54) is 0 Å². The molecule has 0 aliphatic carbocycles. The SMILES string of the molecule is CCCC([NH-])=O.CCCC([NH-])=O.[CH3-].[CH3-].[Cl][Ti][Cl].[Ti+2].[Ti].[Ti].[Ti].[Ti]. The molecular formula is C10H22Cl2N2O2Ti6-2. The number of halogens is 2. The first-order chi connectivity index (χ1) is 6.95. The Bertz CT molecular complexity index is 158. The molecule has 2 N–H and O–H groups in total. The Morgan fingerprint density at radius 1 is 0.818 bits per heavy atom. The summed E-state index contributed by atoms with van der Waals surface area (Å²) in [5, 5.41) is 0. The third-order valence-corrected chi connectivity index (χ3v) is 0.954. The minimum absolute atomic E-state index is 0. The maximum atomic E-state index is 9.71. The summed E-state index contributed by atoms with van der Waals surface area (Å²) in [4.78, 5) is 19.4. The third-order valence-electron chi connectivity index (χ3n) is 0.954. The predicted molar refractivity (Wildman–Crippen MR) is 73.0 cm³/mol. The van der Waals surface area contributed by atoms with Crippen LogP contribution in [0.2, 0.25) is 0 Å². The van der Waals surface area contributed by atoms with Gasteiger partial charge < -0.3 is 35.9 Å². The van der Waals surface area contributed by atoms with Gasteiger partial charge >= 0.3 is 57.4 Å². The van der Waals surface area contributed by atoms with Crippen LogP contribution >= 0.6 is 18.6 Å². The Kier molecular flexibility index (Phi) is 185. The van der Waals surface area contributed by atoms with E-state index in [4.69, 9.17) is 30.1 Å². The number of carbonyl (C=O) groups is 2. The molecule has 0 heterocycles. The van der Waals surface area contributed by atoms with Crippen molar-refractivity contribution in [2.45, 2.75) is 39.5 Å². The van der Waals surface area contributed by atoms with Crippen LogP contribution in [0.4, 0.5) is 0 Å². The standard InChI is InChI=1S/2C4H9NO.2CH3.2ClH.6Ti/c2*1-2-3-4(5)6;;;;;;;;;;/h2*2-3H2,1H3,(H2,5,6);2*1H3;2*1H;;;;;;/q;;2*-1;;;;;;;2*+2/p-4. The van der Waals surface area contributed by atoms with Gasteiger partial charge in [0.1, 0.15) is 0 Å². The van der Waals surface area contributed by atoms with E-state index in [0.29, 0.717) is 12.8 Å². The van der Waals surface area contributed by atoms with Crippen LogP contribution in [0, 0.1) is 14.9 Å². The maximum Gasteiger partial charge on any atom is 2.00 e. The summed E-state index contributed by atoms with van der Waals surface area (Å²) in [5.41, 5.74) is 12.7. The molecule has 0 radical (unpaired) electrons. The molecule has 0 rings (SSSR count). The first kappa shape index (κ1) is 63.6. The molecule has 0 spiro atoms. The second-order valence-corrected chi connectivity index (χ2v) is 5.00. The Hall–Kier alpha value is 3.81. The van der Waals surface area contributed by atoms with Crippen molar-refractivity contribution in [3.63, 3.8) is 0 Å². The van der Waals surface area contributed by atoms with Crippen molar-refractivity contribution >= 4 is 30.4 Å². The quantitative estimate of drug-likeness (QED) is 0.359. The smallest absolute Gasteiger partial charge is 0 e. The molecule has 22 heavy (non-hydrogen) atoms. The van der Waals surface area contributed by atoms with Crippen molar-refractivity contribution in [3.05, 3.63) is 26.3 Å². The van der Waals surface area contributed by atoms with Crippen LogP contribution in [0.15, 0.2) is 0 Å². The fourth-order valence-corrected chi connectivity index (χ4v) is 0.454. The van der Waals surface area contributed by atoms with E-state index in [0.717, 1.165) is 12.8 Å². The van der Waals surface area contributed by atoms with E-state index in [2.05, 4.69) is 0 Å². The number of hydrogen-bond acceptors (Lipinski definition) is 2. The van der Waals surface area contributed by atoms with Crippen LogP contribution < -0.4 is 0 Å². The fraction of sp³-hybridized carbons (Fsp3) is 0.600. The molecule has 4 nitrogen and oxygen atoms in total. The molecule has 0 aromatic rings. The number of nitrogens with one attached hydrogen (secondary N) is 2. The number of amides is 2. The summed E-state index contributed by atoms with van der Waals surface area (Å²) >= 11 is -0.556. The van der Waals surface area contributed by atoms with Crippen molar-refractivity contribution in [1.29, 1.82) is 0 Å². The molecule has 0 aromatic carbocycles. The van der Waals surface area contributed by atoms with Crippen molar-refractivity contribution in [3.8, 4) is 0 Å². The van der Waals surface area contributed by atoms with E-state index in [-0.39, 0.29) is 123 Å². The number of carbonyl (C=O) groups excluding carboxylic acids is 2. The van der Waals surface area contributed by atoms with Crippen LogP contribution in [0.1, 0.15) is 39.5 Å². The summed E-state index contributed by atoms with van der Waals surface area (Å²) in [7, 11) is 9.78. The van der Waals surface area contributed by atoms with E-state index in [9.17, 15) is 9.59 Å². The van der Waals surface area contributed by atoms with Gasteiger partial charge in [-0.1, -0.05) is 26.7 Å². The van der Waals surface area contributed by atoms with Crippen LogP contribution in [0.25, 0.3) is 11.5 Å². The topological polar surface area (TPSA) is 81.7 Å². The monoisotopic (exact) mass is 560 g/mol. The summed E-state index contributed by atoms with van der Waals surface area (Å²) in [5.74, 6) is -0.921. The minimum atomic E-state index is -0.556. The van der Waals surface area contributed by atoms with E-state index < -0.39 is 28.8 Å². The molecule has 0 saturated carbocycles. The van der Waals surface area contributed by atoms with Crippen LogP contribution in [0.5, 0.6) is 0 Å². The van der Waals surface area contributed by atoms with E-state index in [1.807, 2.05) is 13.8 Å². The van der Waals surface area contributed by atoms with Gasteiger partial charge in [0.15, 0.2) is 0 Å². The second-order valence-electron chi connectivity index (χ2n) is 2.42. The van der Waals surface area contributed by atoms with Gasteiger partial charge in [0, 0.05) is 98.7 Å². The summed E-state index contributed by atoms with van der Waals surface area (Å²) in [6, 6.07) is 0. The summed E-state index contributed by atoms with van der Waals surface area (Å²) < 4.78 is 0. The van der Waals surface area contributed by atoms with Gasteiger partial charge in [-0.05, 0) is 12.8 Å². The Labute approximate surface area is 227 Å². The molecule has 0 unspecified atom stereocenters. The van der Waals surface area contributed by atoms with Gasteiger partial charge in [-0.3, -0.25) is 0 Å². The first-order valence-electron chi connectivity index (χ1n) is 4.41. The molecule has 0 fully saturated rings. The van der Waals surface area contributed by atoms with Gasteiger partial charge in [-0.2, -0.15) is 0 Å². The van der Waals surface area contributed by atoms with Crippen LogP contribution in [0.3, 0.4) is 0 Å². The third kappa shape index (κ3) is 129. The average Bonchev–Trinajstić information content (AvgIpc) is 2.05. The molecular weight excluding hydrogens is 538 g/mol. The number of rotatable bonds is 4. The van der Waals surface area contributed by atoms with Crippen molar-refractivity contribution in [1.82, 2.24) is 0 Å². The van der Waals surface area contributed by atoms with E-state index in [1.54, 1.807) is 0 Å². The molecule has 0 bridgehead atoms. The van der Waals surface area contributed by atoms with Gasteiger partial charge in [-0.25, -0.2) is 0 Å². The molecule has 0 saturated heterocycles. The van der Waals surface area contributed by atoms with Gasteiger partial charge in [-0.15, -0.1) is 0 Å². The van der Waals surface area contributed by atoms with Gasteiger partial charge in [0.05, 0.1) is 0 Å². The molecule has 124 valence electrons. The molecule has 2 amide bonds. The van der Waals surface area contributed by atoms with Crippen LogP contribution in [-0.2, 0) is 135 Å². The van der Waals surface area contributed by atoms with Crippen LogP contribution in [-0.4, -0.2) is 11.8 Å². The van der Waals surface area contributed by atoms with Gasteiger partial charge in [0.2, 0.25) is 0 Å². The van der Waals surface area contributed by atoms with Crippen molar-refractivity contribution in [2.24, 2.45) is 0 Å². The Morgan fingerprint density at radius 3 is 0.955 bits per heavy atom. The predicted octanol–water partition coefficient (Wildman–Crippen LogP) is 5.00. The zero-order valence-corrected chi connectivity index (χ0v) is 24.3. The molecule has 0 aromatic heterocycles. The normalized spacial score (nSPS) is 5.09. The van der Waals surface area contributed by atoms with E-state index >= 15 is 0 Å². The zero-order chi connectivity index (χ0) is 12.7. The second kappa shape index (κ2) is 64.1. The van der Waals surface area contributed by atoms with Crippen molar-refractivity contribution < 1.29 is 135 Å². The molecule has 0 aliphatic rings. The molecule has 0 atom stereocenters. The maximum absolute atomic E-state index is 9.71. The number of hydrogen-bond donors (Lipinski definition) is 0. The summed E-state index contributed by atoms with van der Waals surface area (Å²) in [6.45, 7) is 3.76. The Balaban J connectivity index is -0.0000000110. The van der Waals surface area contributed by atoms with Crippen molar-refractivity contribution in [2.75, 3.05) is 0 Å².